The first-order valence-electron chi connectivity index (χ1n) is 7.95. The van der Waals surface area contributed by atoms with E-state index < -0.39 is 11.7 Å². The van der Waals surface area contributed by atoms with Gasteiger partial charge in [0.1, 0.15) is 0 Å². The zero-order valence-electron chi connectivity index (χ0n) is 13.7. The molecule has 0 bridgehead atoms. The van der Waals surface area contributed by atoms with Crippen molar-refractivity contribution in [3.8, 4) is 0 Å². The van der Waals surface area contributed by atoms with Gasteiger partial charge in [0.25, 0.3) is 0 Å². The second-order valence-electron chi connectivity index (χ2n) is 6.21. The number of aryl methyl sites for hydroxylation is 3. The summed E-state index contributed by atoms with van der Waals surface area (Å²) in [6.07, 6.45) is 1.71. The van der Waals surface area contributed by atoms with Crippen molar-refractivity contribution in [3.63, 3.8) is 0 Å². The first-order chi connectivity index (χ1) is 9.98. The molecule has 0 saturated carbocycles. The summed E-state index contributed by atoms with van der Waals surface area (Å²) in [5, 5.41) is 10.8. The molecule has 21 heavy (non-hydrogen) atoms. The Morgan fingerprint density at radius 3 is 2.29 bits per heavy atom. The third-order valence-corrected chi connectivity index (χ3v) is 4.62. The van der Waals surface area contributed by atoms with Crippen molar-refractivity contribution < 1.29 is 14.6 Å². The lowest BCUT2D eigenvalue weighted by Gasteiger charge is -2.41. The van der Waals surface area contributed by atoms with Crippen LogP contribution in [0.2, 0.25) is 0 Å². The van der Waals surface area contributed by atoms with Gasteiger partial charge in [-0.15, -0.1) is 0 Å². The van der Waals surface area contributed by atoms with Crippen LogP contribution in [0.1, 0.15) is 42.0 Å². The second kappa shape index (κ2) is 6.91. The molecule has 0 spiro atoms. The van der Waals surface area contributed by atoms with Crippen molar-refractivity contribution in [3.05, 3.63) is 34.4 Å². The number of hydrogen-bond donors (Lipinski definition) is 1. The van der Waals surface area contributed by atoms with Crippen molar-refractivity contribution in [1.82, 2.24) is 0 Å². The van der Waals surface area contributed by atoms with Crippen LogP contribution in [0, 0.1) is 20.8 Å². The Bertz CT molecular complexity index is 447. The van der Waals surface area contributed by atoms with E-state index in [9.17, 15) is 5.11 Å². The SMILES string of the molecule is CCOC1(C(O)Cc2c(C)cc(C)cc2C)CCOCC1. The van der Waals surface area contributed by atoms with Gasteiger partial charge in [-0.1, -0.05) is 17.7 Å². The molecule has 1 aliphatic rings. The van der Waals surface area contributed by atoms with Crippen molar-refractivity contribution in [1.29, 1.82) is 0 Å². The van der Waals surface area contributed by atoms with Gasteiger partial charge in [-0.3, -0.25) is 0 Å². The molecule has 0 amide bonds. The third-order valence-electron chi connectivity index (χ3n) is 4.62. The largest absolute Gasteiger partial charge is 0.390 e. The van der Waals surface area contributed by atoms with E-state index in [0.717, 1.165) is 12.8 Å². The Labute approximate surface area is 128 Å². The summed E-state index contributed by atoms with van der Waals surface area (Å²) in [6.45, 7) is 10.3. The van der Waals surface area contributed by atoms with Crippen LogP contribution in [-0.4, -0.2) is 36.6 Å². The normalized spacial score (nSPS) is 19.5. The van der Waals surface area contributed by atoms with E-state index in [1.165, 1.54) is 22.3 Å². The quantitative estimate of drug-likeness (QED) is 0.906. The van der Waals surface area contributed by atoms with Crippen molar-refractivity contribution in [2.75, 3.05) is 19.8 Å². The maximum Gasteiger partial charge on any atom is 0.0987 e. The fourth-order valence-electron chi connectivity index (χ4n) is 3.49. The van der Waals surface area contributed by atoms with Crippen LogP contribution in [0.15, 0.2) is 12.1 Å². The summed E-state index contributed by atoms with van der Waals surface area (Å²) < 4.78 is 11.4. The van der Waals surface area contributed by atoms with E-state index >= 15 is 0 Å². The predicted molar refractivity (Wildman–Crippen MR) is 84.8 cm³/mol. The van der Waals surface area contributed by atoms with Crippen LogP contribution in [-0.2, 0) is 15.9 Å². The summed E-state index contributed by atoms with van der Waals surface area (Å²) in [6, 6.07) is 4.37. The van der Waals surface area contributed by atoms with Crippen LogP contribution in [0.4, 0.5) is 0 Å². The molecule has 1 aromatic rings. The average Bonchev–Trinajstić information content (AvgIpc) is 2.44. The summed E-state index contributed by atoms with van der Waals surface area (Å²) in [5.41, 5.74) is 4.58. The van der Waals surface area contributed by atoms with Crippen LogP contribution in [0.5, 0.6) is 0 Å². The average molecular weight is 292 g/mol. The Kier molecular flexibility index (Phi) is 5.42. The summed E-state index contributed by atoms with van der Waals surface area (Å²) in [5.74, 6) is 0. The maximum absolute atomic E-state index is 10.8. The highest BCUT2D eigenvalue weighted by molar-refractivity contribution is 5.38. The molecule has 0 aliphatic carbocycles. The zero-order valence-corrected chi connectivity index (χ0v) is 13.7. The standard InChI is InChI=1S/C18H28O3/c1-5-21-18(6-8-20-9-7-18)17(19)12-16-14(3)10-13(2)11-15(16)4/h10-11,17,19H,5-9,12H2,1-4H3. The summed E-state index contributed by atoms with van der Waals surface area (Å²) >= 11 is 0. The van der Waals surface area contributed by atoms with Gasteiger partial charge in [0.2, 0.25) is 0 Å². The van der Waals surface area contributed by atoms with E-state index in [2.05, 4.69) is 32.9 Å². The summed E-state index contributed by atoms with van der Waals surface area (Å²) in [7, 11) is 0. The Morgan fingerprint density at radius 1 is 1.19 bits per heavy atom. The number of aliphatic hydroxyl groups is 1. The van der Waals surface area contributed by atoms with E-state index in [1.54, 1.807) is 0 Å². The van der Waals surface area contributed by atoms with Gasteiger partial charge in [0, 0.05) is 39.1 Å². The van der Waals surface area contributed by atoms with Crippen molar-refractivity contribution >= 4 is 0 Å². The van der Waals surface area contributed by atoms with Gasteiger partial charge in [-0.25, -0.2) is 0 Å². The number of benzene rings is 1. The molecular weight excluding hydrogens is 264 g/mol. The van der Waals surface area contributed by atoms with E-state index in [0.29, 0.717) is 26.2 Å². The zero-order chi connectivity index (χ0) is 15.5. The Hall–Kier alpha value is -0.900. The lowest BCUT2D eigenvalue weighted by molar-refractivity contribution is -0.165. The number of rotatable bonds is 5. The molecule has 1 N–H and O–H groups in total. The van der Waals surface area contributed by atoms with Gasteiger partial charge in [0.15, 0.2) is 0 Å². The first kappa shape index (κ1) is 16.5. The van der Waals surface area contributed by atoms with Gasteiger partial charge in [-0.2, -0.15) is 0 Å². The van der Waals surface area contributed by atoms with Crippen LogP contribution < -0.4 is 0 Å². The van der Waals surface area contributed by atoms with E-state index in [-0.39, 0.29) is 0 Å². The van der Waals surface area contributed by atoms with Gasteiger partial charge in [-0.05, 0) is 44.4 Å². The fraction of sp³-hybridized carbons (Fsp3) is 0.667. The van der Waals surface area contributed by atoms with E-state index in [1.807, 2.05) is 6.92 Å². The molecule has 1 unspecified atom stereocenters. The third kappa shape index (κ3) is 3.65. The van der Waals surface area contributed by atoms with E-state index in [4.69, 9.17) is 9.47 Å². The molecule has 2 rings (SSSR count). The molecule has 0 radical (unpaired) electrons. The number of aliphatic hydroxyl groups excluding tert-OH is 1. The second-order valence-corrected chi connectivity index (χ2v) is 6.21. The predicted octanol–water partition coefficient (Wildman–Crippen LogP) is 3.10. The topological polar surface area (TPSA) is 38.7 Å². The summed E-state index contributed by atoms with van der Waals surface area (Å²) in [4.78, 5) is 0. The maximum atomic E-state index is 10.8. The lowest BCUT2D eigenvalue weighted by Crippen LogP contribution is -2.50. The van der Waals surface area contributed by atoms with Crippen LogP contribution >= 0.6 is 0 Å². The molecule has 118 valence electrons. The van der Waals surface area contributed by atoms with Gasteiger partial charge in [0.05, 0.1) is 11.7 Å². The molecule has 0 aromatic heterocycles. The molecule has 1 aliphatic heterocycles. The van der Waals surface area contributed by atoms with Gasteiger partial charge < -0.3 is 14.6 Å². The lowest BCUT2D eigenvalue weighted by atomic mass is 9.83. The minimum Gasteiger partial charge on any atom is -0.390 e. The Morgan fingerprint density at radius 2 is 1.76 bits per heavy atom. The Balaban J connectivity index is 2.21. The van der Waals surface area contributed by atoms with Crippen LogP contribution in [0.3, 0.4) is 0 Å². The highest BCUT2D eigenvalue weighted by atomic mass is 16.5. The van der Waals surface area contributed by atoms with Crippen LogP contribution in [0.25, 0.3) is 0 Å². The molecule has 1 saturated heterocycles. The smallest absolute Gasteiger partial charge is 0.0987 e. The first-order valence-corrected chi connectivity index (χ1v) is 7.95. The highest BCUT2D eigenvalue weighted by Gasteiger charge is 2.40. The monoisotopic (exact) mass is 292 g/mol. The fourth-order valence-corrected chi connectivity index (χ4v) is 3.49. The molecule has 1 atom stereocenters. The molecule has 1 heterocycles. The number of hydrogen-bond acceptors (Lipinski definition) is 3. The van der Waals surface area contributed by atoms with Crippen molar-refractivity contribution in [2.24, 2.45) is 0 Å². The highest BCUT2D eigenvalue weighted by Crippen LogP contribution is 2.32. The molecule has 1 aromatic carbocycles. The molecule has 3 nitrogen and oxygen atoms in total. The van der Waals surface area contributed by atoms with Gasteiger partial charge >= 0.3 is 0 Å². The minimum atomic E-state index is -0.485. The van der Waals surface area contributed by atoms with Crippen molar-refractivity contribution in [2.45, 2.75) is 58.7 Å². The number of ether oxygens (including phenoxy) is 2. The molecular formula is C18H28O3. The molecule has 1 fully saturated rings. The minimum absolute atomic E-state index is 0.448. The molecule has 3 heteroatoms.